The summed E-state index contributed by atoms with van der Waals surface area (Å²) in [4.78, 5) is 2.51. The van der Waals surface area contributed by atoms with E-state index in [4.69, 9.17) is 0 Å². The molecule has 3 rings (SSSR count). The summed E-state index contributed by atoms with van der Waals surface area (Å²) in [6.45, 7) is 7.63. The summed E-state index contributed by atoms with van der Waals surface area (Å²) in [7, 11) is 0. The molecule has 1 aliphatic rings. The molecule has 1 heterocycles. The molecule has 2 heteroatoms. The largest absolute Gasteiger partial charge is 0.388 e. The number of hydrogen-bond donors (Lipinski definition) is 1. The molecule has 1 aliphatic heterocycles. The van der Waals surface area contributed by atoms with Gasteiger partial charge >= 0.3 is 0 Å². The van der Waals surface area contributed by atoms with Crippen LogP contribution in [0.5, 0.6) is 0 Å². The Bertz CT molecular complexity index is 612. The molecule has 1 N–H and O–H groups in total. The first-order valence-corrected chi connectivity index (χ1v) is 9.17. The number of aliphatic hydroxyl groups is 1. The van der Waals surface area contributed by atoms with Gasteiger partial charge in [0.25, 0.3) is 0 Å². The Morgan fingerprint density at radius 2 is 1.54 bits per heavy atom. The number of nitrogens with zero attached hydrogens (tertiary/aromatic N) is 1. The number of benzene rings is 2. The van der Waals surface area contributed by atoms with Gasteiger partial charge in [0.1, 0.15) is 0 Å². The van der Waals surface area contributed by atoms with Gasteiger partial charge in [0.05, 0.1) is 6.10 Å². The molecule has 2 aromatic rings. The molecule has 2 nitrogen and oxygen atoms in total. The number of aliphatic hydroxyl groups excluding tert-OH is 1. The molecule has 0 aliphatic carbocycles. The molecule has 128 valence electrons. The van der Waals surface area contributed by atoms with Gasteiger partial charge in [0.2, 0.25) is 0 Å². The molecule has 0 saturated carbocycles. The minimum atomic E-state index is -0.321. The molecule has 1 fully saturated rings. The van der Waals surface area contributed by atoms with Gasteiger partial charge in [-0.05, 0) is 54.5 Å². The fourth-order valence-corrected chi connectivity index (χ4v) is 3.62. The van der Waals surface area contributed by atoms with Gasteiger partial charge in [-0.25, -0.2) is 0 Å². The van der Waals surface area contributed by atoms with Crippen molar-refractivity contribution in [1.82, 2.24) is 4.90 Å². The molecule has 0 radical (unpaired) electrons. The molecule has 1 unspecified atom stereocenters. The van der Waals surface area contributed by atoms with E-state index in [1.54, 1.807) is 0 Å². The maximum atomic E-state index is 10.6. The van der Waals surface area contributed by atoms with E-state index < -0.39 is 0 Å². The van der Waals surface area contributed by atoms with E-state index in [1.165, 1.54) is 11.1 Å². The highest BCUT2D eigenvalue weighted by Gasteiger charge is 2.26. The summed E-state index contributed by atoms with van der Waals surface area (Å²) in [5, 5.41) is 10.6. The van der Waals surface area contributed by atoms with E-state index in [0.29, 0.717) is 11.8 Å². The van der Waals surface area contributed by atoms with Crippen molar-refractivity contribution >= 4 is 0 Å². The van der Waals surface area contributed by atoms with Crippen molar-refractivity contribution in [2.75, 3.05) is 13.1 Å². The SMILES string of the molecule is CC(C)c1ccc(CN2CCC(C(O)c3ccccc3)CC2)cc1. The Morgan fingerprint density at radius 3 is 2.12 bits per heavy atom. The second-order valence-corrected chi connectivity index (χ2v) is 7.37. The zero-order valence-electron chi connectivity index (χ0n) is 14.9. The van der Waals surface area contributed by atoms with Gasteiger partial charge < -0.3 is 5.11 Å². The average molecular weight is 323 g/mol. The van der Waals surface area contributed by atoms with Crippen LogP contribution in [-0.4, -0.2) is 23.1 Å². The molecule has 0 aromatic heterocycles. The maximum Gasteiger partial charge on any atom is 0.0819 e. The lowest BCUT2D eigenvalue weighted by Gasteiger charge is -2.34. The summed E-state index contributed by atoms with van der Waals surface area (Å²) in [6, 6.07) is 19.1. The van der Waals surface area contributed by atoms with E-state index in [9.17, 15) is 5.11 Å². The summed E-state index contributed by atoms with van der Waals surface area (Å²) < 4.78 is 0. The number of rotatable bonds is 5. The lowest BCUT2D eigenvalue weighted by Crippen LogP contribution is -2.35. The first-order chi connectivity index (χ1) is 11.6. The number of piperidine rings is 1. The third-order valence-corrected chi connectivity index (χ3v) is 5.27. The van der Waals surface area contributed by atoms with E-state index in [-0.39, 0.29) is 6.10 Å². The van der Waals surface area contributed by atoms with Gasteiger partial charge in [-0.3, -0.25) is 4.90 Å². The highest BCUT2D eigenvalue weighted by atomic mass is 16.3. The molecule has 1 atom stereocenters. The van der Waals surface area contributed by atoms with E-state index >= 15 is 0 Å². The van der Waals surface area contributed by atoms with Gasteiger partial charge in [-0.1, -0.05) is 68.4 Å². The molecule has 0 amide bonds. The lowest BCUT2D eigenvalue weighted by atomic mass is 9.87. The standard InChI is InChI=1S/C22H29NO/c1-17(2)19-10-8-18(9-11-19)16-23-14-12-21(13-15-23)22(24)20-6-4-3-5-7-20/h3-11,17,21-22,24H,12-16H2,1-2H3. The van der Waals surface area contributed by atoms with Crippen LogP contribution in [0.3, 0.4) is 0 Å². The lowest BCUT2D eigenvalue weighted by molar-refractivity contribution is 0.0568. The van der Waals surface area contributed by atoms with Crippen LogP contribution in [0.15, 0.2) is 54.6 Å². The summed E-state index contributed by atoms with van der Waals surface area (Å²) in [5.41, 5.74) is 3.85. The fraction of sp³-hybridized carbons (Fsp3) is 0.455. The third-order valence-electron chi connectivity index (χ3n) is 5.27. The van der Waals surface area contributed by atoms with Crippen LogP contribution in [0.4, 0.5) is 0 Å². The van der Waals surface area contributed by atoms with Crippen molar-refractivity contribution in [3.05, 3.63) is 71.3 Å². The zero-order valence-corrected chi connectivity index (χ0v) is 14.9. The van der Waals surface area contributed by atoms with E-state index in [2.05, 4.69) is 43.0 Å². The first kappa shape index (κ1) is 17.2. The Labute approximate surface area is 146 Å². The van der Waals surface area contributed by atoms with Crippen molar-refractivity contribution in [3.8, 4) is 0 Å². The van der Waals surface area contributed by atoms with Gasteiger partial charge in [-0.2, -0.15) is 0 Å². The zero-order chi connectivity index (χ0) is 16.9. The molecule has 2 aromatic carbocycles. The van der Waals surface area contributed by atoms with E-state index in [1.807, 2.05) is 30.3 Å². The average Bonchev–Trinajstić information content (AvgIpc) is 2.63. The van der Waals surface area contributed by atoms with Crippen LogP contribution < -0.4 is 0 Å². The summed E-state index contributed by atoms with van der Waals surface area (Å²) in [5.74, 6) is 0.973. The minimum absolute atomic E-state index is 0.321. The second kappa shape index (κ2) is 7.96. The predicted molar refractivity (Wildman–Crippen MR) is 99.9 cm³/mol. The second-order valence-electron chi connectivity index (χ2n) is 7.37. The predicted octanol–water partition coefficient (Wildman–Crippen LogP) is 4.76. The van der Waals surface area contributed by atoms with Crippen LogP contribution in [-0.2, 0) is 6.54 Å². The smallest absolute Gasteiger partial charge is 0.0819 e. The summed E-state index contributed by atoms with van der Waals surface area (Å²) >= 11 is 0. The van der Waals surface area contributed by atoms with Crippen molar-refractivity contribution in [2.24, 2.45) is 5.92 Å². The van der Waals surface area contributed by atoms with Crippen LogP contribution in [0.1, 0.15) is 55.4 Å². The highest BCUT2D eigenvalue weighted by Crippen LogP contribution is 2.31. The maximum absolute atomic E-state index is 10.6. The molecule has 24 heavy (non-hydrogen) atoms. The monoisotopic (exact) mass is 323 g/mol. The molecule has 0 spiro atoms. The van der Waals surface area contributed by atoms with Gasteiger partial charge in [-0.15, -0.1) is 0 Å². The summed E-state index contributed by atoms with van der Waals surface area (Å²) in [6.07, 6.45) is 1.82. The quantitative estimate of drug-likeness (QED) is 0.858. The van der Waals surface area contributed by atoms with Crippen LogP contribution in [0.2, 0.25) is 0 Å². The highest BCUT2D eigenvalue weighted by molar-refractivity contribution is 5.24. The van der Waals surface area contributed by atoms with Crippen molar-refractivity contribution in [1.29, 1.82) is 0 Å². The van der Waals surface area contributed by atoms with Crippen molar-refractivity contribution in [2.45, 2.75) is 45.3 Å². The normalized spacial score (nSPS) is 18.0. The van der Waals surface area contributed by atoms with Crippen LogP contribution in [0, 0.1) is 5.92 Å². The van der Waals surface area contributed by atoms with Gasteiger partial charge in [0, 0.05) is 6.54 Å². The topological polar surface area (TPSA) is 23.5 Å². The van der Waals surface area contributed by atoms with Crippen molar-refractivity contribution < 1.29 is 5.11 Å². The minimum Gasteiger partial charge on any atom is -0.388 e. The molecule has 0 bridgehead atoms. The fourth-order valence-electron chi connectivity index (χ4n) is 3.62. The Kier molecular flexibility index (Phi) is 5.70. The Hall–Kier alpha value is -1.64. The van der Waals surface area contributed by atoms with Crippen LogP contribution in [0.25, 0.3) is 0 Å². The van der Waals surface area contributed by atoms with Crippen molar-refractivity contribution in [3.63, 3.8) is 0 Å². The Morgan fingerprint density at radius 1 is 0.917 bits per heavy atom. The van der Waals surface area contributed by atoms with E-state index in [0.717, 1.165) is 38.0 Å². The number of hydrogen-bond acceptors (Lipinski definition) is 2. The first-order valence-electron chi connectivity index (χ1n) is 9.17. The molecule has 1 saturated heterocycles. The van der Waals surface area contributed by atoms with Crippen LogP contribution >= 0.6 is 0 Å². The molecular formula is C22H29NO. The number of likely N-dealkylation sites (tertiary alicyclic amines) is 1. The Balaban J connectivity index is 1.51. The molecular weight excluding hydrogens is 294 g/mol. The third kappa shape index (κ3) is 4.25. The van der Waals surface area contributed by atoms with Gasteiger partial charge in [0.15, 0.2) is 0 Å².